The smallest absolute Gasteiger partial charge is 0.496 e. The fraction of sp³-hybridized carbons (Fsp3) is 0.286. The van der Waals surface area contributed by atoms with Crippen molar-refractivity contribution in [2.45, 2.75) is 26.7 Å². The molecule has 0 fully saturated rings. The van der Waals surface area contributed by atoms with Crippen molar-refractivity contribution in [3.8, 4) is 17.7 Å². The van der Waals surface area contributed by atoms with Gasteiger partial charge in [0.15, 0.2) is 0 Å². The Bertz CT molecular complexity index is 1040. The second-order valence-electron chi connectivity index (χ2n) is 6.45. The lowest BCUT2D eigenvalue weighted by Crippen LogP contribution is -2.23. The van der Waals surface area contributed by atoms with E-state index in [-0.39, 0.29) is 5.76 Å². The van der Waals surface area contributed by atoms with E-state index in [0.29, 0.717) is 40.6 Å². The maximum absolute atomic E-state index is 11.4. The minimum absolute atomic E-state index is 0.196. The van der Waals surface area contributed by atoms with E-state index in [1.165, 1.54) is 7.11 Å². The minimum atomic E-state index is -1.43. The molecule has 29 heavy (non-hydrogen) atoms. The zero-order chi connectivity index (χ0) is 21.1. The molecule has 0 amide bonds. The molecule has 8 heteroatoms. The van der Waals surface area contributed by atoms with E-state index < -0.39 is 12.1 Å². The number of pyridine rings is 1. The zero-order valence-corrected chi connectivity index (χ0v) is 16.6. The van der Waals surface area contributed by atoms with Crippen molar-refractivity contribution in [3.05, 3.63) is 58.1 Å². The Balaban J connectivity index is 2.34. The fourth-order valence-electron chi connectivity index (χ4n) is 3.44. The number of nitrogens with one attached hydrogen (secondary N) is 1. The third kappa shape index (κ3) is 3.67. The average Bonchev–Trinajstić information content (AvgIpc) is 2.70. The van der Waals surface area contributed by atoms with Crippen LogP contribution in [0.25, 0.3) is 0 Å². The van der Waals surface area contributed by atoms with E-state index in [0.717, 1.165) is 11.3 Å². The van der Waals surface area contributed by atoms with Crippen LogP contribution in [0.2, 0.25) is 0 Å². The first kappa shape index (κ1) is 20.0. The molecule has 0 radical (unpaired) electrons. The molecule has 1 aromatic carbocycles. The molecule has 0 bridgehead atoms. The van der Waals surface area contributed by atoms with E-state index >= 15 is 0 Å². The van der Waals surface area contributed by atoms with Crippen LogP contribution in [0.15, 0.2) is 35.9 Å². The van der Waals surface area contributed by atoms with E-state index in [9.17, 15) is 15.2 Å². The van der Waals surface area contributed by atoms with Gasteiger partial charge in [-0.25, -0.2) is 9.78 Å². The summed E-state index contributed by atoms with van der Waals surface area (Å²) in [6.45, 7) is 5.87. The van der Waals surface area contributed by atoms with Crippen LogP contribution in [-0.2, 0) is 4.74 Å². The van der Waals surface area contributed by atoms with Crippen LogP contribution in [0.1, 0.15) is 42.0 Å². The minimum Gasteiger partial charge on any atom is -0.496 e. The summed E-state index contributed by atoms with van der Waals surface area (Å²) in [7, 11) is 1.49. The van der Waals surface area contributed by atoms with E-state index in [4.69, 9.17) is 14.2 Å². The molecule has 1 unspecified atom stereocenters. The Hall–Kier alpha value is -3.73. The normalized spacial score (nSPS) is 15.1. The molecule has 2 aromatic rings. The monoisotopic (exact) mass is 395 g/mol. The summed E-state index contributed by atoms with van der Waals surface area (Å²) in [4.78, 5) is 15.8. The molecule has 0 spiro atoms. The lowest BCUT2D eigenvalue weighted by molar-refractivity contribution is 0.113. The number of carbonyl (C=O) groups is 1. The predicted molar refractivity (Wildman–Crippen MR) is 105 cm³/mol. The number of benzene rings is 1. The van der Waals surface area contributed by atoms with Crippen LogP contribution in [0.3, 0.4) is 0 Å². The zero-order valence-electron chi connectivity index (χ0n) is 16.6. The summed E-state index contributed by atoms with van der Waals surface area (Å²) in [5, 5.41) is 21.8. The van der Waals surface area contributed by atoms with Crippen molar-refractivity contribution in [3.63, 3.8) is 0 Å². The Labute approximate surface area is 168 Å². The Morgan fingerprint density at radius 3 is 2.76 bits per heavy atom. The topological polar surface area (TPSA) is 114 Å². The van der Waals surface area contributed by atoms with Crippen molar-refractivity contribution in [2.24, 2.45) is 0 Å². The summed E-state index contributed by atoms with van der Waals surface area (Å²) in [6, 6.07) is 7.06. The van der Waals surface area contributed by atoms with Crippen molar-refractivity contribution < 1.29 is 24.1 Å². The molecule has 2 N–H and O–H groups in total. The highest BCUT2D eigenvalue weighted by Crippen LogP contribution is 2.49. The van der Waals surface area contributed by atoms with Gasteiger partial charge in [0.2, 0.25) is 5.88 Å². The molecule has 150 valence electrons. The molecule has 1 aliphatic rings. The number of anilines is 1. The number of allylic oxidation sites excluding steroid dienone is 2. The molecule has 0 aliphatic carbocycles. The number of aryl methyl sites for hydroxylation is 1. The van der Waals surface area contributed by atoms with Gasteiger partial charge in [-0.3, -0.25) is 0 Å². The van der Waals surface area contributed by atoms with Crippen LogP contribution in [0.5, 0.6) is 11.6 Å². The van der Waals surface area contributed by atoms with Gasteiger partial charge in [-0.15, -0.1) is 0 Å². The molecule has 0 saturated carbocycles. The number of hydrogen-bond acceptors (Lipinski definition) is 7. The van der Waals surface area contributed by atoms with E-state index in [2.05, 4.69) is 16.4 Å². The van der Waals surface area contributed by atoms with Gasteiger partial charge in [0.1, 0.15) is 11.5 Å². The average molecular weight is 395 g/mol. The molecule has 0 saturated heterocycles. The van der Waals surface area contributed by atoms with Gasteiger partial charge in [0.05, 0.1) is 48.2 Å². The maximum Gasteiger partial charge on any atom is 0.511 e. The summed E-state index contributed by atoms with van der Waals surface area (Å²) in [5.74, 6) is 0.349. The molecular formula is C21H21N3O5. The van der Waals surface area contributed by atoms with Gasteiger partial charge in [0, 0.05) is 11.8 Å². The fourth-order valence-corrected chi connectivity index (χ4v) is 3.44. The van der Waals surface area contributed by atoms with Gasteiger partial charge in [-0.05, 0) is 38.5 Å². The lowest BCUT2D eigenvalue weighted by atomic mass is 9.84. The number of carboxylic acid groups (broad SMARTS) is 1. The maximum atomic E-state index is 11.4. The van der Waals surface area contributed by atoms with Crippen LogP contribution in [-0.4, -0.2) is 30.0 Å². The molecule has 8 nitrogen and oxygen atoms in total. The standard InChI is InChI=1S/C21H21N3O5/c1-5-28-20-17-16(14-7-6-13(9-22)8-15(14)27-4)19(29-21(25)26)12(3)24-18(17)11(2)10-23-20/h6-8,10,16,24H,5H2,1-4H3,(H,25,26). The van der Waals surface area contributed by atoms with Gasteiger partial charge >= 0.3 is 6.16 Å². The van der Waals surface area contributed by atoms with Crippen LogP contribution in [0, 0.1) is 18.3 Å². The quantitative estimate of drug-likeness (QED) is 0.726. The second kappa shape index (κ2) is 8.10. The highest BCUT2D eigenvalue weighted by atomic mass is 16.7. The molecule has 2 heterocycles. The number of hydrogen-bond donors (Lipinski definition) is 2. The highest BCUT2D eigenvalue weighted by molar-refractivity contribution is 5.73. The molecule has 1 aliphatic heterocycles. The highest BCUT2D eigenvalue weighted by Gasteiger charge is 2.37. The van der Waals surface area contributed by atoms with Crippen molar-refractivity contribution in [2.75, 3.05) is 19.0 Å². The van der Waals surface area contributed by atoms with E-state index in [1.807, 2.05) is 13.8 Å². The van der Waals surface area contributed by atoms with Crippen molar-refractivity contribution in [1.29, 1.82) is 5.26 Å². The summed E-state index contributed by atoms with van der Waals surface area (Å²) in [5.41, 5.74) is 3.90. The SMILES string of the molecule is CCOc1ncc(C)c2c1C(c1ccc(C#N)cc1OC)C(OC(=O)O)=C(C)N2. The van der Waals surface area contributed by atoms with Crippen LogP contribution in [0.4, 0.5) is 10.5 Å². The Morgan fingerprint density at radius 1 is 1.38 bits per heavy atom. The van der Waals surface area contributed by atoms with Gasteiger partial charge < -0.3 is 24.6 Å². The van der Waals surface area contributed by atoms with Crippen LogP contribution < -0.4 is 14.8 Å². The van der Waals surface area contributed by atoms with Crippen molar-refractivity contribution >= 4 is 11.8 Å². The first-order valence-corrected chi connectivity index (χ1v) is 9.00. The first-order valence-electron chi connectivity index (χ1n) is 9.00. The third-order valence-corrected chi connectivity index (χ3v) is 4.65. The number of methoxy groups -OCH3 is 1. The molecule has 1 aromatic heterocycles. The van der Waals surface area contributed by atoms with Gasteiger partial charge in [-0.1, -0.05) is 6.07 Å². The number of fused-ring (bicyclic) bond motifs is 1. The predicted octanol–water partition coefficient (Wildman–Crippen LogP) is 4.15. The number of nitrogens with zero attached hydrogens (tertiary/aromatic N) is 2. The van der Waals surface area contributed by atoms with Crippen LogP contribution >= 0.6 is 0 Å². The van der Waals surface area contributed by atoms with Gasteiger partial charge in [-0.2, -0.15) is 5.26 Å². The lowest BCUT2D eigenvalue weighted by Gasteiger charge is -2.32. The Kier molecular flexibility index (Phi) is 5.59. The van der Waals surface area contributed by atoms with Gasteiger partial charge in [0.25, 0.3) is 0 Å². The van der Waals surface area contributed by atoms with Crippen molar-refractivity contribution in [1.82, 2.24) is 4.98 Å². The third-order valence-electron chi connectivity index (χ3n) is 4.65. The van der Waals surface area contributed by atoms with E-state index in [1.54, 1.807) is 31.3 Å². The number of rotatable bonds is 5. The molecular weight excluding hydrogens is 374 g/mol. The molecule has 1 atom stereocenters. The molecule has 3 rings (SSSR count). The summed E-state index contributed by atoms with van der Waals surface area (Å²) >= 11 is 0. The number of ether oxygens (including phenoxy) is 3. The number of nitriles is 1. The number of aromatic nitrogens is 1. The second-order valence-corrected chi connectivity index (χ2v) is 6.45. The largest absolute Gasteiger partial charge is 0.511 e. The summed E-state index contributed by atoms with van der Waals surface area (Å²) in [6.07, 6.45) is 0.265. The first-order chi connectivity index (χ1) is 13.9. The Morgan fingerprint density at radius 2 is 2.14 bits per heavy atom. The summed E-state index contributed by atoms with van der Waals surface area (Å²) < 4.78 is 16.5.